The summed E-state index contributed by atoms with van der Waals surface area (Å²) in [6, 6.07) is 4.73. The van der Waals surface area contributed by atoms with E-state index in [0.717, 1.165) is 11.2 Å². The number of aromatic nitrogens is 3. The molecule has 0 radical (unpaired) electrons. The fraction of sp³-hybridized carbons (Fsp3) is 0.0909. The summed E-state index contributed by atoms with van der Waals surface area (Å²) in [6.45, 7) is 0.427. The molecule has 0 aliphatic carbocycles. The lowest BCUT2D eigenvalue weighted by atomic mass is 10.3. The number of hydrogen-bond donors (Lipinski definition) is 1. The molecule has 0 saturated carbocycles. The zero-order valence-electron chi connectivity index (χ0n) is 9.10. The van der Waals surface area contributed by atoms with Crippen LogP contribution in [0.3, 0.4) is 0 Å². The molecular weight excluding hydrogens is 303 g/mol. The number of imidazole rings is 1. The van der Waals surface area contributed by atoms with Crippen LogP contribution < -0.4 is 5.73 Å². The summed E-state index contributed by atoms with van der Waals surface area (Å²) < 4.78 is 20.3. The number of hydrogen-bond acceptors (Lipinski definition) is 4. The van der Waals surface area contributed by atoms with E-state index in [1.54, 1.807) is 16.7 Å². The minimum atomic E-state index is -0.367. The molecule has 5 nitrogen and oxygen atoms in total. The average molecular weight is 311 g/mol. The fourth-order valence-corrected chi connectivity index (χ4v) is 2.12. The first-order valence-corrected chi connectivity index (χ1v) is 5.94. The molecule has 0 atom stereocenters. The quantitative estimate of drug-likeness (QED) is 0.789. The van der Waals surface area contributed by atoms with Gasteiger partial charge in [-0.3, -0.25) is 0 Å². The summed E-state index contributed by atoms with van der Waals surface area (Å²) in [4.78, 5) is 4.12. The molecule has 0 saturated heterocycles. The summed E-state index contributed by atoms with van der Waals surface area (Å²) in [5, 5.41) is 3.81. The summed E-state index contributed by atoms with van der Waals surface area (Å²) in [5.41, 5.74) is 7.80. The van der Waals surface area contributed by atoms with E-state index in [0.29, 0.717) is 22.5 Å². The van der Waals surface area contributed by atoms with Gasteiger partial charge in [-0.05, 0) is 22.0 Å². The highest BCUT2D eigenvalue weighted by molar-refractivity contribution is 9.10. The number of nitrogens with two attached hydrogens (primary N) is 1. The van der Waals surface area contributed by atoms with Crippen molar-refractivity contribution in [2.24, 2.45) is 0 Å². The molecule has 3 aromatic rings. The molecule has 7 heteroatoms. The molecular formula is C11H8BrFN4O. The van der Waals surface area contributed by atoms with Gasteiger partial charge in [-0.1, -0.05) is 5.16 Å². The molecule has 0 aliphatic heterocycles. The van der Waals surface area contributed by atoms with Crippen LogP contribution in [0, 0.1) is 5.82 Å². The molecule has 0 spiro atoms. The van der Waals surface area contributed by atoms with E-state index in [2.05, 4.69) is 26.1 Å². The fourth-order valence-electron chi connectivity index (χ4n) is 1.79. The van der Waals surface area contributed by atoms with Crippen LogP contribution in [0.2, 0.25) is 0 Å². The Morgan fingerprint density at radius 2 is 2.28 bits per heavy atom. The largest absolute Gasteiger partial charge is 0.369 e. The average Bonchev–Trinajstić information content (AvgIpc) is 2.92. The number of fused-ring (bicyclic) bond motifs is 1. The van der Waals surface area contributed by atoms with Crippen molar-refractivity contribution in [2.45, 2.75) is 6.54 Å². The normalized spacial score (nSPS) is 11.2. The molecule has 3 rings (SSSR count). The van der Waals surface area contributed by atoms with Crippen molar-refractivity contribution in [1.82, 2.24) is 14.7 Å². The van der Waals surface area contributed by atoms with E-state index in [9.17, 15) is 4.39 Å². The Balaban J connectivity index is 2.16. The molecule has 1 aromatic carbocycles. The monoisotopic (exact) mass is 310 g/mol. The van der Waals surface area contributed by atoms with Crippen molar-refractivity contribution in [3.8, 4) is 0 Å². The van der Waals surface area contributed by atoms with Crippen LogP contribution in [0.25, 0.3) is 11.0 Å². The molecule has 2 aromatic heterocycles. The van der Waals surface area contributed by atoms with Crippen LogP contribution in [0.15, 0.2) is 33.5 Å². The van der Waals surface area contributed by atoms with Gasteiger partial charge in [0.2, 0.25) is 5.95 Å². The first-order chi connectivity index (χ1) is 8.65. The molecule has 0 aliphatic rings. The summed E-state index contributed by atoms with van der Waals surface area (Å²) >= 11 is 3.15. The van der Waals surface area contributed by atoms with Gasteiger partial charge in [-0.25, -0.2) is 9.37 Å². The lowest BCUT2D eigenvalue weighted by Crippen LogP contribution is -2.04. The van der Waals surface area contributed by atoms with Crippen LogP contribution in [-0.2, 0) is 6.54 Å². The van der Waals surface area contributed by atoms with Gasteiger partial charge < -0.3 is 14.8 Å². The van der Waals surface area contributed by atoms with Crippen molar-refractivity contribution in [3.63, 3.8) is 0 Å². The summed E-state index contributed by atoms with van der Waals surface area (Å²) in [7, 11) is 0. The van der Waals surface area contributed by atoms with Crippen molar-refractivity contribution >= 4 is 32.9 Å². The zero-order valence-corrected chi connectivity index (χ0v) is 10.7. The summed E-state index contributed by atoms with van der Waals surface area (Å²) in [5.74, 6) is -0.0564. The predicted molar refractivity (Wildman–Crippen MR) is 67.4 cm³/mol. The predicted octanol–water partition coefficient (Wildman–Crippen LogP) is 2.56. The topological polar surface area (TPSA) is 69.9 Å². The highest BCUT2D eigenvalue weighted by atomic mass is 79.9. The first-order valence-electron chi connectivity index (χ1n) is 5.15. The highest BCUT2D eigenvalue weighted by Crippen LogP contribution is 2.25. The van der Waals surface area contributed by atoms with Gasteiger partial charge in [-0.2, -0.15) is 0 Å². The third kappa shape index (κ3) is 1.76. The highest BCUT2D eigenvalue weighted by Gasteiger charge is 2.12. The Labute approximate surface area is 110 Å². The van der Waals surface area contributed by atoms with E-state index in [-0.39, 0.29) is 5.82 Å². The number of nitrogen functional groups attached to an aromatic ring is 1. The van der Waals surface area contributed by atoms with Gasteiger partial charge in [0.25, 0.3) is 0 Å². The molecule has 0 unspecified atom stereocenters. The maximum atomic E-state index is 13.4. The third-order valence-electron chi connectivity index (χ3n) is 2.63. The standard InChI is InChI=1S/C11H8BrFN4O/c12-7-3-10-9(4-8(7)13)15-11(14)17(10)5-6-1-2-18-16-6/h1-4H,5H2,(H2,14,15). The van der Waals surface area contributed by atoms with Crippen molar-refractivity contribution in [3.05, 3.63) is 40.4 Å². The molecule has 0 fully saturated rings. The number of rotatable bonds is 2. The second kappa shape index (κ2) is 4.09. The van der Waals surface area contributed by atoms with Gasteiger partial charge in [0.1, 0.15) is 17.8 Å². The van der Waals surface area contributed by atoms with Gasteiger partial charge in [-0.15, -0.1) is 0 Å². The smallest absolute Gasteiger partial charge is 0.201 e. The number of anilines is 1. The third-order valence-corrected chi connectivity index (χ3v) is 3.24. The lowest BCUT2D eigenvalue weighted by Gasteiger charge is -2.03. The molecule has 92 valence electrons. The van der Waals surface area contributed by atoms with Crippen molar-refractivity contribution in [2.75, 3.05) is 5.73 Å². The second-order valence-electron chi connectivity index (χ2n) is 3.80. The summed E-state index contributed by atoms with van der Waals surface area (Å²) in [6.07, 6.45) is 1.49. The SMILES string of the molecule is Nc1nc2cc(F)c(Br)cc2n1Cc1ccon1. The van der Waals surface area contributed by atoms with Gasteiger partial charge in [0.05, 0.1) is 22.1 Å². The first kappa shape index (κ1) is 11.2. The Morgan fingerprint density at radius 3 is 3.00 bits per heavy atom. The van der Waals surface area contributed by atoms with Gasteiger partial charge in [0.15, 0.2) is 0 Å². The van der Waals surface area contributed by atoms with Crippen LogP contribution in [0.5, 0.6) is 0 Å². The van der Waals surface area contributed by atoms with Crippen LogP contribution in [-0.4, -0.2) is 14.7 Å². The van der Waals surface area contributed by atoms with Crippen molar-refractivity contribution < 1.29 is 8.91 Å². The Bertz CT molecular complexity index is 707. The minimum absolute atomic E-state index is 0.311. The van der Waals surface area contributed by atoms with Crippen LogP contribution >= 0.6 is 15.9 Å². The lowest BCUT2D eigenvalue weighted by molar-refractivity contribution is 0.410. The second-order valence-corrected chi connectivity index (χ2v) is 4.66. The maximum absolute atomic E-state index is 13.4. The molecule has 18 heavy (non-hydrogen) atoms. The van der Waals surface area contributed by atoms with E-state index >= 15 is 0 Å². The Kier molecular flexibility index (Phi) is 2.55. The number of benzene rings is 1. The van der Waals surface area contributed by atoms with Gasteiger partial charge >= 0.3 is 0 Å². The maximum Gasteiger partial charge on any atom is 0.201 e. The molecule has 2 N–H and O–H groups in total. The van der Waals surface area contributed by atoms with E-state index < -0.39 is 0 Å². The van der Waals surface area contributed by atoms with E-state index in [1.807, 2.05) is 0 Å². The van der Waals surface area contributed by atoms with E-state index in [4.69, 9.17) is 10.3 Å². The molecule has 0 amide bonds. The van der Waals surface area contributed by atoms with E-state index in [1.165, 1.54) is 12.3 Å². The zero-order chi connectivity index (χ0) is 12.7. The van der Waals surface area contributed by atoms with Gasteiger partial charge in [0, 0.05) is 12.1 Å². The number of halogens is 2. The molecule has 0 bridgehead atoms. The molecule has 2 heterocycles. The Hall–Kier alpha value is -1.89. The van der Waals surface area contributed by atoms with Crippen LogP contribution in [0.1, 0.15) is 5.69 Å². The number of nitrogens with zero attached hydrogens (tertiary/aromatic N) is 3. The van der Waals surface area contributed by atoms with Crippen molar-refractivity contribution in [1.29, 1.82) is 0 Å². The Morgan fingerprint density at radius 1 is 1.44 bits per heavy atom. The van der Waals surface area contributed by atoms with Crippen LogP contribution in [0.4, 0.5) is 10.3 Å². The minimum Gasteiger partial charge on any atom is -0.369 e.